The van der Waals surface area contributed by atoms with Gasteiger partial charge >= 0.3 is 6.55 Å². The second-order valence-electron chi connectivity index (χ2n) is 3.24. The van der Waals surface area contributed by atoms with Crippen LogP contribution in [0.2, 0.25) is 0 Å². The van der Waals surface area contributed by atoms with Crippen LogP contribution in [0.3, 0.4) is 0 Å². The summed E-state index contributed by atoms with van der Waals surface area (Å²) in [4.78, 5) is 11.3. The maximum absolute atomic E-state index is 12.4. The summed E-state index contributed by atoms with van der Waals surface area (Å²) in [7, 11) is 1.50. The zero-order chi connectivity index (χ0) is 11.7. The Morgan fingerprint density at radius 3 is 2.88 bits per heavy atom. The summed E-state index contributed by atoms with van der Waals surface area (Å²) in [5, 5.41) is 6.71. The van der Waals surface area contributed by atoms with Gasteiger partial charge in [-0.25, -0.2) is 4.68 Å². The summed E-state index contributed by atoms with van der Waals surface area (Å²) in [6.45, 7) is -2.67. The van der Waals surface area contributed by atoms with E-state index >= 15 is 0 Å². The van der Waals surface area contributed by atoms with Gasteiger partial charge in [0.15, 0.2) is 0 Å². The van der Waals surface area contributed by atoms with Crippen LogP contribution in [-0.4, -0.2) is 22.7 Å². The van der Waals surface area contributed by atoms with Crippen molar-refractivity contribution >= 4 is 16.8 Å². The Morgan fingerprint density at radius 2 is 2.25 bits per heavy atom. The molecule has 0 bridgehead atoms. The van der Waals surface area contributed by atoms with Gasteiger partial charge in [-0.1, -0.05) is 6.07 Å². The molecule has 0 unspecified atom stereocenters. The molecule has 0 saturated heterocycles. The van der Waals surface area contributed by atoms with Crippen LogP contribution in [-0.2, 0) is 0 Å². The predicted octanol–water partition coefficient (Wildman–Crippen LogP) is 1.79. The highest BCUT2D eigenvalue weighted by molar-refractivity contribution is 5.97. The van der Waals surface area contributed by atoms with Gasteiger partial charge in [-0.2, -0.15) is 13.9 Å². The Kier molecular flexibility index (Phi) is 2.55. The lowest BCUT2D eigenvalue weighted by Crippen LogP contribution is -2.17. The maximum atomic E-state index is 12.4. The van der Waals surface area contributed by atoms with Crippen molar-refractivity contribution < 1.29 is 13.6 Å². The predicted molar refractivity (Wildman–Crippen MR) is 54.4 cm³/mol. The molecule has 0 aliphatic heterocycles. The van der Waals surface area contributed by atoms with E-state index in [4.69, 9.17) is 0 Å². The van der Waals surface area contributed by atoms with Crippen LogP contribution in [0.4, 0.5) is 8.78 Å². The Labute approximate surface area is 89.9 Å². The first-order valence-electron chi connectivity index (χ1n) is 4.61. The number of nitrogens with zero attached hydrogens (tertiary/aromatic N) is 2. The summed E-state index contributed by atoms with van der Waals surface area (Å²) in [5.41, 5.74) is 0.774. The van der Waals surface area contributed by atoms with Gasteiger partial charge in [-0.3, -0.25) is 4.79 Å². The molecule has 0 radical (unpaired) electrons. The second kappa shape index (κ2) is 3.88. The second-order valence-corrected chi connectivity index (χ2v) is 3.24. The fourth-order valence-corrected chi connectivity index (χ4v) is 1.42. The van der Waals surface area contributed by atoms with E-state index in [-0.39, 0.29) is 5.91 Å². The third-order valence-corrected chi connectivity index (χ3v) is 2.21. The quantitative estimate of drug-likeness (QED) is 0.846. The van der Waals surface area contributed by atoms with E-state index in [1.165, 1.54) is 19.3 Å². The standard InChI is InChI=1S/C10H9F2N3O/c1-13-9(16)6-2-3-7-5-15(10(11)12)14-8(7)4-6/h2-5,10H,1H3,(H,13,16). The molecular formula is C10H9F2N3O. The molecule has 2 aromatic rings. The number of hydrogen-bond acceptors (Lipinski definition) is 2. The Bertz CT molecular complexity index is 536. The first-order valence-corrected chi connectivity index (χ1v) is 4.61. The molecule has 1 aromatic heterocycles. The first kappa shape index (κ1) is 10.5. The lowest BCUT2D eigenvalue weighted by Gasteiger charge is -1.98. The van der Waals surface area contributed by atoms with E-state index in [0.717, 1.165) is 0 Å². The minimum Gasteiger partial charge on any atom is -0.355 e. The largest absolute Gasteiger partial charge is 0.355 e. The molecule has 1 aromatic carbocycles. The van der Waals surface area contributed by atoms with E-state index in [9.17, 15) is 13.6 Å². The highest BCUT2D eigenvalue weighted by atomic mass is 19.3. The molecular weight excluding hydrogens is 216 g/mol. The van der Waals surface area contributed by atoms with Gasteiger partial charge in [0.2, 0.25) is 0 Å². The fourth-order valence-electron chi connectivity index (χ4n) is 1.42. The molecule has 16 heavy (non-hydrogen) atoms. The maximum Gasteiger partial charge on any atom is 0.333 e. The van der Waals surface area contributed by atoms with Crippen molar-refractivity contribution in [2.24, 2.45) is 0 Å². The molecule has 0 aliphatic carbocycles. The SMILES string of the molecule is CNC(=O)c1ccc2cn(C(F)F)nc2c1. The van der Waals surface area contributed by atoms with Crippen LogP contribution >= 0.6 is 0 Å². The summed E-state index contributed by atoms with van der Waals surface area (Å²) in [5.74, 6) is -0.270. The molecule has 0 aliphatic rings. The molecule has 84 valence electrons. The molecule has 1 amide bonds. The van der Waals surface area contributed by atoms with Crippen LogP contribution in [0.15, 0.2) is 24.4 Å². The van der Waals surface area contributed by atoms with Crippen molar-refractivity contribution in [3.05, 3.63) is 30.0 Å². The van der Waals surface area contributed by atoms with Crippen molar-refractivity contribution in [3.8, 4) is 0 Å². The van der Waals surface area contributed by atoms with Gasteiger partial charge in [-0.05, 0) is 12.1 Å². The topological polar surface area (TPSA) is 46.9 Å². The monoisotopic (exact) mass is 225 g/mol. The number of halogens is 2. The van der Waals surface area contributed by atoms with Crippen LogP contribution in [0, 0.1) is 0 Å². The number of amides is 1. The lowest BCUT2D eigenvalue weighted by molar-refractivity contribution is 0.0574. The Balaban J connectivity index is 2.49. The van der Waals surface area contributed by atoms with Gasteiger partial charge in [0.05, 0.1) is 5.52 Å². The van der Waals surface area contributed by atoms with Crippen LogP contribution in [0.1, 0.15) is 16.9 Å². The van der Waals surface area contributed by atoms with Crippen molar-refractivity contribution in [3.63, 3.8) is 0 Å². The zero-order valence-electron chi connectivity index (χ0n) is 8.45. The number of carbonyl (C=O) groups is 1. The average Bonchev–Trinajstić information content (AvgIpc) is 2.70. The summed E-state index contributed by atoms with van der Waals surface area (Å²) >= 11 is 0. The number of rotatable bonds is 2. The van der Waals surface area contributed by atoms with Gasteiger partial charge in [0.25, 0.3) is 5.91 Å². The zero-order valence-corrected chi connectivity index (χ0v) is 8.45. The molecule has 6 heteroatoms. The molecule has 2 rings (SSSR count). The summed E-state index contributed by atoms with van der Waals surface area (Å²) < 4.78 is 25.3. The highest BCUT2D eigenvalue weighted by Gasteiger charge is 2.10. The molecule has 0 atom stereocenters. The van der Waals surface area contributed by atoms with Crippen molar-refractivity contribution in [1.82, 2.24) is 15.1 Å². The van der Waals surface area contributed by atoms with Gasteiger partial charge in [0.1, 0.15) is 0 Å². The smallest absolute Gasteiger partial charge is 0.333 e. The number of carbonyl (C=O) groups excluding carboxylic acids is 1. The lowest BCUT2D eigenvalue weighted by atomic mass is 10.1. The van der Waals surface area contributed by atoms with Crippen molar-refractivity contribution in [1.29, 1.82) is 0 Å². The van der Waals surface area contributed by atoms with E-state index in [0.29, 0.717) is 21.1 Å². The van der Waals surface area contributed by atoms with E-state index in [2.05, 4.69) is 10.4 Å². The number of alkyl halides is 2. The van der Waals surface area contributed by atoms with Crippen molar-refractivity contribution in [2.75, 3.05) is 7.05 Å². The highest BCUT2D eigenvalue weighted by Crippen LogP contribution is 2.18. The number of aromatic nitrogens is 2. The fraction of sp³-hybridized carbons (Fsp3) is 0.200. The third kappa shape index (κ3) is 1.73. The molecule has 1 N–H and O–H groups in total. The minimum atomic E-state index is -2.67. The van der Waals surface area contributed by atoms with E-state index in [1.807, 2.05) is 0 Å². The first-order chi connectivity index (χ1) is 7.61. The summed E-state index contributed by atoms with van der Waals surface area (Å²) in [6, 6.07) is 4.64. The third-order valence-electron chi connectivity index (χ3n) is 2.21. The molecule has 0 fully saturated rings. The van der Waals surface area contributed by atoms with E-state index < -0.39 is 6.55 Å². The number of nitrogens with one attached hydrogen (secondary N) is 1. The minimum absolute atomic E-state index is 0.270. The average molecular weight is 225 g/mol. The van der Waals surface area contributed by atoms with E-state index in [1.54, 1.807) is 12.1 Å². The normalized spacial score (nSPS) is 11.0. The van der Waals surface area contributed by atoms with Crippen LogP contribution in [0.5, 0.6) is 0 Å². The van der Waals surface area contributed by atoms with Gasteiger partial charge in [-0.15, -0.1) is 0 Å². The number of hydrogen-bond donors (Lipinski definition) is 1. The Hall–Kier alpha value is -1.98. The van der Waals surface area contributed by atoms with Crippen LogP contribution < -0.4 is 5.32 Å². The molecule has 0 saturated carbocycles. The van der Waals surface area contributed by atoms with Crippen LogP contribution in [0.25, 0.3) is 10.9 Å². The summed E-state index contributed by atoms with van der Waals surface area (Å²) in [6.07, 6.45) is 1.24. The van der Waals surface area contributed by atoms with Crippen molar-refractivity contribution in [2.45, 2.75) is 6.55 Å². The molecule has 0 spiro atoms. The van der Waals surface area contributed by atoms with Gasteiger partial charge in [0, 0.05) is 24.2 Å². The Morgan fingerprint density at radius 1 is 1.50 bits per heavy atom. The molecule has 1 heterocycles. The number of benzene rings is 1. The molecule has 4 nitrogen and oxygen atoms in total. The van der Waals surface area contributed by atoms with Gasteiger partial charge < -0.3 is 5.32 Å². The number of fused-ring (bicyclic) bond motifs is 1.